The normalized spacial score (nSPS) is 18.6. The molecule has 9 nitrogen and oxygen atoms in total. The highest BCUT2D eigenvalue weighted by Crippen LogP contribution is 2.42. The van der Waals surface area contributed by atoms with Crippen LogP contribution in [0.1, 0.15) is 44.7 Å². The van der Waals surface area contributed by atoms with Gasteiger partial charge in [-0.25, -0.2) is 4.84 Å². The van der Waals surface area contributed by atoms with Gasteiger partial charge in [0.15, 0.2) is 7.11 Å². The number of hydrogen-bond donors (Lipinski definition) is 1. The Bertz CT molecular complexity index is 1240. The molecule has 0 spiro atoms. The summed E-state index contributed by atoms with van der Waals surface area (Å²) in [6, 6.07) is 14.7. The Morgan fingerprint density at radius 2 is 1.92 bits per heavy atom. The lowest BCUT2D eigenvalue weighted by atomic mass is 10.0. The van der Waals surface area contributed by atoms with Gasteiger partial charge in [0.2, 0.25) is 5.91 Å². The molecule has 2 aromatic rings. The highest BCUT2D eigenvalue weighted by Gasteiger charge is 2.42. The Morgan fingerprint density at radius 3 is 2.53 bits per heavy atom. The van der Waals surface area contributed by atoms with Crippen molar-refractivity contribution in [3.8, 4) is 11.8 Å². The van der Waals surface area contributed by atoms with Crippen molar-refractivity contribution in [2.24, 2.45) is 0 Å². The fourth-order valence-corrected chi connectivity index (χ4v) is 4.79. The zero-order valence-electron chi connectivity index (χ0n) is 21.4. The average Bonchev–Trinajstić information content (AvgIpc) is 3.33. The van der Waals surface area contributed by atoms with Gasteiger partial charge in [-0.3, -0.25) is 4.79 Å². The smallest absolute Gasteiger partial charge is 0.317 e. The largest absolute Gasteiger partial charge is 0.497 e. The molecule has 9 heteroatoms. The van der Waals surface area contributed by atoms with Crippen molar-refractivity contribution in [2.75, 3.05) is 25.7 Å². The topological polar surface area (TPSA) is 97.9 Å². The van der Waals surface area contributed by atoms with E-state index in [9.17, 15) is 15.0 Å². The first-order valence-electron chi connectivity index (χ1n) is 12.0. The number of ether oxygens (including phenoxy) is 1. The van der Waals surface area contributed by atoms with Gasteiger partial charge < -0.3 is 19.9 Å². The Labute approximate surface area is 211 Å². The predicted molar refractivity (Wildman–Crippen MR) is 136 cm³/mol. The molecule has 4 rings (SSSR count). The van der Waals surface area contributed by atoms with Crippen molar-refractivity contribution < 1.29 is 19.3 Å². The number of hydrogen-bond acceptors (Lipinski definition) is 7. The number of carbonyl (C=O) groups excluding carboxylic acids is 1. The molecule has 2 aromatic carbocycles. The number of rotatable bonds is 6. The lowest BCUT2D eigenvalue weighted by Crippen LogP contribution is -2.43. The number of fused-ring (bicyclic) bond motifs is 3. The van der Waals surface area contributed by atoms with E-state index in [-0.39, 0.29) is 29.9 Å². The van der Waals surface area contributed by atoms with Crippen LogP contribution in [-0.4, -0.2) is 48.1 Å². The molecular weight excluding hydrogens is 458 g/mol. The van der Waals surface area contributed by atoms with Crippen molar-refractivity contribution in [1.29, 1.82) is 5.26 Å². The van der Waals surface area contributed by atoms with Crippen LogP contribution in [0.2, 0.25) is 0 Å². The first kappa shape index (κ1) is 25.0. The molecule has 1 amide bonds. The van der Waals surface area contributed by atoms with Crippen molar-refractivity contribution in [2.45, 2.75) is 51.7 Å². The molecule has 1 N–H and O–H groups in total. The molecule has 2 heterocycles. The van der Waals surface area contributed by atoms with Gasteiger partial charge >= 0.3 is 5.69 Å². The summed E-state index contributed by atoms with van der Waals surface area (Å²) in [5.74, 6) is 0.640. The summed E-state index contributed by atoms with van der Waals surface area (Å²) in [4.78, 5) is 35.5. The van der Waals surface area contributed by atoms with Gasteiger partial charge in [0, 0.05) is 35.5 Å². The molecule has 0 aromatic heterocycles. The minimum absolute atomic E-state index is 0.0785. The van der Waals surface area contributed by atoms with Crippen LogP contribution >= 0.6 is 0 Å². The molecule has 2 aliphatic rings. The fourth-order valence-electron chi connectivity index (χ4n) is 4.79. The van der Waals surface area contributed by atoms with Gasteiger partial charge in [0.1, 0.15) is 23.6 Å². The molecule has 0 bridgehead atoms. The van der Waals surface area contributed by atoms with E-state index >= 15 is 0 Å². The summed E-state index contributed by atoms with van der Waals surface area (Å²) in [6.07, 6.45) is 1.59. The second kappa shape index (κ2) is 9.90. The second-order valence-corrected chi connectivity index (χ2v) is 9.98. The predicted octanol–water partition coefficient (Wildman–Crippen LogP) is 4.26. The minimum atomic E-state index is -0.440. The number of nitriles is 1. The fraction of sp³-hybridized carbons (Fsp3) is 0.407. The molecule has 1 fully saturated rings. The molecular formula is C27H32N5O4+. The molecule has 1 saturated heterocycles. The van der Waals surface area contributed by atoms with Crippen molar-refractivity contribution in [3.05, 3.63) is 64.2 Å². The quantitative estimate of drug-likeness (QED) is 0.477. The maximum atomic E-state index is 14.1. The molecule has 1 atom stereocenters. The van der Waals surface area contributed by atoms with Crippen LogP contribution in [0.3, 0.4) is 0 Å². The van der Waals surface area contributed by atoms with E-state index in [0.717, 1.165) is 23.4 Å². The van der Waals surface area contributed by atoms with Crippen LogP contribution in [0.15, 0.2) is 48.2 Å². The van der Waals surface area contributed by atoms with Crippen LogP contribution in [0.25, 0.3) is 5.70 Å². The summed E-state index contributed by atoms with van der Waals surface area (Å²) >= 11 is 0. The zero-order valence-corrected chi connectivity index (χ0v) is 21.4. The van der Waals surface area contributed by atoms with Crippen LogP contribution < -0.4 is 15.0 Å². The molecule has 0 radical (unpaired) electrons. The van der Waals surface area contributed by atoms with Crippen LogP contribution in [-0.2, 0) is 16.2 Å². The third kappa shape index (κ3) is 4.85. The van der Waals surface area contributed by atoms with Crippen LogP contribution in [0.5, 0.6) is 5.75 Å². The maximum Gasteiger partial charge on any atom is 0.317 e. The van der Waals surface area contributed by atoms with Gasteiger partial charge in [-0.2, -0.15) is 5.26 Å². The van der Waals surface area contributed by atoms with Gasteiger partial charge in [0.05, 0.1) is 24.3 Å². The summed E-state index contributed by atoms with van der Waals surface area (Å²) in [6.45, 7) is 6.84. The zero-order chi connectivity index (χ0) is 26.0. The van der Waals surface area contributed by atoms with Crippen LogP contribution in [0.4, 0.5) is 11.4 Å². The van der Waals surface area contributed by atoms with Gasteiger partial charge in [-0.15, -0.1) is 0 Å². The van der Waals surface area contributed by atoms with Gasteiger partial charge in [0.25, 0.3) is 4.92 Å². The number of carbonyl (C=O) groups is 1. The lowest BCUT2D eigenvalue weighted by molar-refractivity contribution is -0.736. The van der Waals surface area contributed by atoms with E-state index in [1.165, 1.54) is 7.11 Å². The van der Waals surface area contributed by atoms with Crippen LogP contribution in [0, 0.1) is 16.2 Å². The highest BCUT2D eigenvalue weighted by molar-refractivity contribution is 5.99. The second-order valence-electron chi connectivity index (χ2n) is 9.98. The van der Waals surface area contributed by atoms with E-state index in [1.54, 1.807) is 24.1 Å². The van der Waals surface area contributed by atoms with Crippen molar-refractivity contribution >= 4 is 23.0 Å². The Hall–Kier alpha value is -4.06. The number of nitrogens with zero attached hydrogens (tertiary/aromatic N) is 4. The molecule has 2 aliphatic heterocycles. The van der Waals surface area contributed by atoms with Gasteiger partial charge in [-0.05, 0) is 57.4 Å². The third-order valence-electron chi connectivity index (χ3n) is 6.34. The maximum absolute atomic E-state index is 14.1. The number of anilines is 1. The summed E-state index contributed by atoms with van der Waals surface area (Å²) < 4.78 is 5.29. The number of benzene rings is 2. The Balaban J connectivity index is 1.97. The lowest BCUT2D eigenvalue weighted by Gasteiger charge is -2.30. The number of nitrogens with one attached hydrogen (secondary N) is 1. The number of methoxy groups -OCH3 is 1. The molecule has 1 unspecified atom stereocenters. The monoisotopic (exact) mass is 490 g/mol. The van der Waals surface area contributed by atoms with Crippen molar-refractivity contribution in [3.63, 3.8) is 0 Å². The first-order valence-corrected chi connectivity index (χ1v) is 12.0. The number of allylic oxidation sites excluding steroid dienone is 1. The van der Waals surface area contributed by atoms with Crippen molar-refractivity contribution in [1.82, 2.24) is 10.2 Å². The SMILES string of the molecule is COc1ccc(CN2C(=O)C3CCCN3c3ccc([N+](=O)OC)cc3/C2=C(\C#N)NC(C)(C)C)cc1. The first-order chi connectivity index (χ1) is 17.2. The standard InChI is InChI=1S/C27H32N5O4/c1-27(2,3)29-22(16-28)25-21-15-19(32(34)36-5)10-13-23(21)30-14-6-7-24(30)26(33)31(25)17-18-8-11-20(35-4)12-9-18/h8-13,15,24,29H,6-7,14,17H2,1-5H3/q+1/b25-22-. The molecule has 36 heavy (non-hydrogen) atoms. The summed E-state index contributed by atoms with van der Waals surface area (Å²) in [5.41, 5.74) is 2.88. The minimum Gasteiger partial charge on any atom is -0.497 e. The van der Waals surface area contributed by atoms with E-state index in [0.29, 0.717) is 29.1 Å². The van der Waals surface area contributed by atoms with Gasteiger partial charge in [-0.1, -0.05) is 12.1 Å². The molecule has 0 aliphatic carbocycles. The summed E-state index contributed by atoms with van der Waals surface area (Å²) in [5, 5.41) is 13.6. The summed E-state index contributed by atoms with van der Waals surface area (Å²) in [7, 11) is 2.90. The molecule has 0 saturated carbocycles. The molecule has 188 valence electrons. The van der Waals surface area contributed by atoms with E-state index in [2.05, 4.69) is 16.3 Å². The highest BCUT2D eigenvalue weighted by atomic mass is 16.8. The van der Waals surface area contributed by atoms with E-state index in [1.807, 2.05) is 51.1 Å². The number of amides is 1. The van der Waals surface area contributed by atoms with E-state index in [4.69, 9.17) is 9.57 Å². The Morgan fingerprint density at radius 1 is 1.19 bits per heavy atom. The Kier molecular flexibility index (Phi) is 6.88. The van der Waals surface area contributed by atoms with E-state index < -0.39 is 5.54 Å². The third-order valence-corrected chi connectivity index (χ3v) is 6.34. The average molecular weight is 491 g/mol.